The molecular formula is C12H6ClFS. The Labute approximate surface area is 96.3 Å². The zero-order valence-electron chi connectivity index (χ0n) is 7.63. The molecule has 0 saturated heterocycles. The molecule has 1 aromatic heterocycles. The van der Waals surface area contributed by atoms with Crippen molar-refractivity contribution in [3.63, 3.8) is 0 Å². The van der Waals surface area contributed by atoms with Crippen LogP contribution < -0.4 is 0 Å². The van der Waals surface area contributed by atoms with Gasteiger partial charge in [0, 0.05) is 10.6 Å². The molecule has 0 unspecified atom stereocenters. The van der Waals surface area contributed by atoms with Crippen molar-refractivity contribution in [3.05, 3.63) is 45.4 Å². The molecule has 0 atom stereocenters. The monoisotopic (exact) mass is 236 g/mol. The summed E-state index contributed by atoms with van der Waals surface area (Å²) in [5, 5.41) is 2.23. The molecule has 0 saturated carbocycles. The van der Waals surface area contributed by atoms with E-state index in [4.69, 9.17) is 18.0 Å². The summed E-state index contributed by atoms with van der Waals surface area (Å²) in [6.07, 6.45) is 5.25. The minimum Gasteiger partial charge on any atom is -0.206 e. The summed E-state index contributed by atoms with van der Waals surface area (Å²) in [7, 11) is 0. The second-order valence-corrected chi connectivity index (χ2v) is 4.32. The standard InChI is InChI=1S/C12H6ClFS/c1-2-10-5-8(7-15-10)11-4-3-9(13)6-12(11)14/h1,3-7H. The molecule has 0 N–H and O–H groups in total. The lowest BCUT2D eigenvalue weighted by Gasteiger charge is -1.99. The highest BCUT2D eigenvalue weighted by Gasteiger charge is 2.07. The summed E-state index contributed by atoms with van der Waals surface area (Å²) < 4.78 is 13.5. The maximum absolute atomic E-state index is 13.5. The maximum Gasteiger partial charge on any atom is 0.132 e. The molecule has 0 amide bonds. The highest BCUT2D eigenvalue weighted by atomic mass is 35.5. The number of hydrogen-bond acceptors (Lipinski definition) is 1. The van der Waals surface area contributed by atoms with Gasteiger partial charge in [0.25, 0.3) is 0 Å². The summed E-state index contributed by atoms with van der Waals surface area (Å²) in [6, 6.07) is 6.40. The van der Waals surface area contributed by atoms with Gasteiger partial charge in [-0.2, -0.15) is 0 Å². The Kier molecular flexibility index (Phi) is 2.77. The second-order valence-electron chi connectivity index (χ2n) is 2.97. The van der Waals surface area contributed by atoms with E-state index in [0.29, 0.717) is 10.6 Å². The van der Waals surface area contributed by atoms with Crippen LogP contribution in [0.5, 0.6) is 0 Å². The molecule has 0 fully saturated rings. The van der Waals surface area contributed by atoms with Crippen molar-refractivity contribution >= 4 is 22.9 Å². The molecular weight excluding hydrogens is 231 g/mol. The molecule has 0 aliphatic carbocycles. The van der Waals surface area contributed by atoms with Crippen LogP contribution in [0.15, 0.2) is 29.6 Å². The van der Waals surface area contributed by atoms with E-state index in [0.717, 1.165) is 10.4 Å². The molecule has 0 aliphatic rings. The molecule has 0 radical (unpaired) electrons. The van der Waals surface area contributed by atoms with E-state index >= 15 is 0 Å². The fourth-order valence-corrected chi connectivity index (χ4v) is 2.15. The number of halogens is 2. The zero-order chi connectivity index (χ0) is 10.8. The van der Waals surface area contributed by atoms with E-state index in [1.54, 1.807) is 18.2 Å². The summed E-state index contributed by atoms with van der Waals surface area (Å²) in [5.41, 5.74) is 1.32. The van der Waals surface area contributed by atoms with Gasteiger partial charge >= 0.3 is 0 Å². The summed E-state index contributed by atoms with van der Waals surface area (Å²) in [6.45, 7) is 0. The van der Waals surface area contributed by atoms with Crippen LogP contribution in [0.2, 0.25) is 5.02 Å². The van der Waals surface area contributed by atoms with Crippen molar-refractivity contribution in [1.29, 1.82) is 0 Å². The normalized spacial score (nSPS) is 9.93. The van der Waals surface area contributed by atoms with Gasteiger partial charge in [-0.15, -0.1) is 17.8 Å². The van der Waals surface area contributed by atoms with Crippen LogP contribution in [0.1, 0.15) is 4.88 Å². The summed E-state index contributed by atoms with van der Waals surface area (Å²) >= 11 is 7.09. The quantitative estimate of drug-likeness (QED) is 0.652. The van der Waals surface area contributed by atoms with Crippen molar-refractivity contribution in [1.82, 2.24) is 0 Å². The van der Waals surface area contributed by atoms with Crippen molar-refractivity contribution in [2.45, 2.75) is 0 Å². The van der Waals surface area contributed by atoms with Crippen molar-refractivity contribution in [3.8, 4) is 23.5 Å². The molecule has 0 nitrogen and oxygen atoms in total. The van der Waals surface area contributed by atoms with Gasteiger partial charge in [-0.25, -0.2) is 4.39 Å². The van der Waals surface area contributed by atoms with Crippen LogP contribution in [0.4, 0.5) is 4.39 Å². The molecule has 2 rings (SSSR count). The van der Waals surface area contributed by atoms with Gasteiger partial charge in [0.1, 0.15) is 5.82 Å². The lowest BCUT2D eigenvalue weighted by atomic mass is 10.1. The first kappa shape index (κ1) is 10.2. The third-order valence-electron chi connectivity index (χ3n) is 1.98. The van der Waals surface area contributed by atoms with Crippen LogP contribution in [0, 0.1) is 18.2 Å². The largest absolute Gasteiger partial charge is 0.206 e. The SMILES string of the molecule is C#Cc1cc(-c2ccc(Cl)cc2F)cs1. The molecule has 1 aromatic carbocycles. The number of hydrogen-bond donors (Lipinski definition) is 0. The van der Waals surface area contributed by atoms with Gasteiger partial charge in [0.15, 0.2) is 0 Å². The van der Waals surface area contributed by atoms with Gasteiger partial charge in [-0.1, -0.05) is 17.5 Å². The third-order valence-corrected chi connectivity index (χ3v) is 3.08. The molecule has 3 heteroatoms. The third kappa shape index (κ3) is 2.04. The summed E-state index contributed by atoms with van der Waals surface area (Å²) in [4.78, 5) is 0.791. The van der Waals surface area contributed by atoms with Crippen molar-refractivity contribution < 1.29 is 4.39 Å². The van der Waals surface area contributed by atoms with E-state index in [9.17, 15) is 4.39 Å². The number of rotatable bonds is 1. The van der Waals surface area contributed by atoms with E-state index in [1.807, 2.05) is 5.38 Å². The Morgan fingerprint density at radius 3 is 2.73 bits per heavy atom. The smallest absolute Gasteiger partial charge is 0.132 e. The van der Waals surface area contributed by atoms with E-state index in [1.165, 1.54) is 17.4 Å². The summed E-state index contributed by atoms with van der Waals surface area (Å²) in [5.74, 6) is 2.19. The highest BCUT2D eigenvalue weighted by Crippen LogP contribution is 2.28. The van der Waals surface area contributed by atoms with Crippen LogP contribution in [-0.4, -0.2) is 0 Å². The van der Waals surface area contributed by atoms with Gasteiger partial charge in [0.2, 0.25) is 0 Å². The predicted molar refractivity (Wildman–Crippen MR) is 62.7 cm³/mol. The van der Waals surface area contributed by atoms with E-state index < -0.39 is 0 Å². The second kappa shape index (κ2) is 4.06. The lowest BCUT2D eigenvalue weighted by Crippen LogP contribution is -1.81. The molecule has 0 aliphatic heterocycles. The molecule has 15 heavy (non-hydrogen) atoms. The molecule has 0 spiro atoms. The Hall–Kier alpha value is -1.30. The average Bonchev–Trinajstić information content (AvgIpc) is 2.66. The minimum absolute atomic E-state index is 0.330. The van der Waals surface area contributed by atoms with Gasteiger partial charge < -0.3 is 0 Å². The van der Waals surface area contributed by atoms with E-state index in [2.05, 4.69) is 5.92 Å². The fraction of sp³-hybridized carbons (Fsp3) is 0. The van der Waals surface area contributed by atoms with Crippen molar-refractivity contribution in [2.75, 3.05) is 0 Å². The fourth-order valence-electron chi connectivity index (χ4n) is 1.28. The Bertz CT molecular complexity index is 537. The topological polar surface area (TPSA) is 0 Å². The first-order valence-corrected chi connectivity index (χ1v) is 5.47. The molecule has 2 aromatic rings. The van der Waals surface area contributed by atoms with Crippen LogP contribution in [0.25, 0.3) is 11.1 Å². The highest BCUT2D eigenvalue weighted by molar-refractivity contribution is 7.11. The van der Waals surface area contributed by atoms with Gasteiger partial charge in [0.05, 0.1) is 4.88 Å². The number of thiophene rings is 1. The predicted octanol–water partition coefficient (Wildman–Crippen LogP) is 4.19. The van der Waals surface area contributed by atoms with Crippen LogP contribution in [-0.2, 0) is 0 Å². The van der Waals surface area contributed by atoms with Gasteiger partial charge in [-0.05, 0) is 35.2 Å². The maximum atomic E-state index is 13.5. The molecule has 74 valence electrons. The Balaban J connectivity index is 2.50. The average molecular weight is 237 g/mol. The number of terminal acetylenes is 1. The van der Waals surface area contributed by atoms with Crippen LogP contribution >= 0.6 is 22.9 Å². The van der Waals surface area contributed by atoms with E-state index in [-0.39, 0.29) is 5.82 Å². The Morgan fingerprint density at radius 2 is 2.13 bits per heavy atom. The van der Waals surface area contributed by atoms with Crippen molar-refractivity contribution in [2.24, 2.45) is 0 Å². The molecule has 1 heterocycles. The zero-order valence-corrected chi connectivity index (χ0v) is 9.20. The minimum atomic E-state index is -0.330. The number of benzene rings is 1. The van der Waals surface area contributed by atoms with Crippen LogP contribution in [0.3, 0.4) is 0 Å². The lowest BCUT2D eigenvalue weighted by molar-refractivity contribution is 0.631. The Morgan fingerprint density at radius 1 is 1.33 bits per heavy atom. The van der Waals surface area contributed by atoms with Gasteiger partial charge in [-0.3, -0.25) is 0 Å². The first-order valence-electron chi connectivity index (χ1n) is 4.21. The first-order chi connectivity index (χ1) is 7.20. The molecule has 0 bridgehead atoms.